The molecule has 0 saturated carbocycles. The predicted molar refractivity (Wildman–Crippen MR) is 55.3 cm³/mol. The second-order valence-corrected chi connectivity index (χ2v) is 5.83. The molecule has 0 radical (unpaired) electrons. The van der Waals surface area contributed by atoms with Crippen LogP contribution in [0.15, 0.2) is 0 Å². The number of rotatable bonds is 4. The summed E-state index contributed by atoms with van der Waals surface area (Å²) in [6.07, 6.45) is 0. The van der Waals surface area contributed by atoms with Crippen LogP contribution in [0.5, 0.6) is 0 Å². The Balaban J connectivity index is 2.40. The molecular weight excluding hydrogens is 220 g/mol. The number of carbonyl (C=O) groups excluding carboxylic acids is 1. The molecule has 1 rings (SSSR count). The van der Waals surface area contributed by atoms with E-state index in [0.717, 1.165) is 0 Å². The highest BCUT2D eigenvalue weighted by Gasteiger charge is 2.28. The Morgan fingerprint density at radius 2 is 2.33 bits per heavy atom. The minimum absolute atomic E-state index is 0.0415. The molecule has 1 aliphatic rings. The van der Waals surface area contributed by atoms with E-state index >= 15 is 0 Å². The van der Waals surface area contributed by atoms with Crippen molar-refractivity contribution in [1.29, 1.82) is 0 Å². The van der Waals surface area contributed by atoms with Gasteiger partial charge in [-0.1, -0.05) is 0 Å². The quantitative estimate of drug-likeness (QED) is 0.598. The largest absolute Gasteiger partial charge is 0.375 e. The lowest BCUT2D eigenvalue weighted by Gasteiger charge is -2.23. The summed E-state index contributed by atoms with van der Waals surface area (Å²) in [7, 11) is -1.64. The smallest absolute Gasteiger partial charge is 0.246 e. The summed E-state index contributed by atoms with van der Waals surface area (Å²) >= 11 is 0. The number of sulfone groups is 1. The van der Waals surface area contributed by atoms with Crippen molar-refractivity contribution in [2.24, 2.45) is 0 Å². The van der Waals surface area contributed by atoms with Crippen LogP contribution in [0, 0.1) is 0 Å². The molecule has 6 nitrogen and oxygen atoms in total. The summed E-state index contributed by atoms with van der Waals surface area (Å²) in [6.45, 7) is 0.998. The average Bonchev–Trinajstić information content (AvgIpc) is 2.16. The molecule has 1 aliphatic heterocycles. The van der Waals surface area contributed by atoms with E-state index in [1.165, 1.54) is 7.11 Å². The summed E-state index contributed by atoms with van der Waals surface area (Å²) in [4.78, 5) is 11.0. The highest BCUT2D eigenvalue weighted by Crippen LogP contribution is 2.04. The van der Waals surface area contributed by atoms with Gasteiger partial charge >= 0.3 is 0 Å². The lowest BCUT2D eigenvalue weighted by atomic mass is 10.4. The van der Waals surface area contributed by atoms with Gasteiger partial charge in [0.2, 0.25) is 5.91 Å². The van der Waals surface area contributed by atoms with Crippen LogP contribution >= 0.6 is 0 Å². The van der Waals surface area contributed by atoms with Crippen molar-refractivity contribution in [1.82, 2.24) is 10.6 Å². The summed E-state index contributed by atoms with van der Waals surface area (Å²) < 4.78 is 27.7. The Bertz CT molecular complexity index is 315. The first-order valence-electron chi connectivity index (χ1n) is 4.74. The minimum Gasteiger partial charge on any atom is -0.375 e. The van der Waals surface area contributed by atoms with Gasteiger partial charge in [-0.25, -0.2) is 8.42 Å². The maximum Gasteiger partial charge on any atom is 0.246 e. The highest BCUT2D eigenvalue weighted by atomic mass is 32.2. The summed E-state index contributed by atoms with van der Waals surface area (Å²) in [6, 6.07) is 0. The number of methoxy groups -OCH3 is 1. The van der Waals surface area contributed by atoms with E-state index in [0.29, 0.717) is 13.1 Å². The number of hydrogen-bond donors (Lipinski definition) is 2. The number of amides is 1. The van der Waals surface area contributed by atoms with Gasteiger partial charge in [0.05, 0.1) is 11.0 Å². The van der Waals surface area contributed by atoms with Crippen LogP contribution in [0.3, 0.4) is 0 Å². The lowest BCUT2D eigenvalue weighted by molar-refractivity contribution is -0.124. The van der Waals surface area contributed by atoms with E-state index in [2.05, 4.69) is 15.4 Å². The highest BCUT2D eigenvalue weighted by molar-refractivity contribution is 7.92. The Labute approximate surface area is 89.3 Å². The zero-order valence-electron chi connectivity index (χ0n) is 8.65. The van der Waals surface area contributed by atoms with Gasteiger partial charge in [0.25, 0.3) is 0 Å². The molecule has 7 heteroatoms. The molecule has 1 fully saturated rings. The van der Waals surface area contributed by atoms with Crippen LogP contribution < -0.4 is 10.6 Å². The normalized spacial score (nSPS) is 24.7. The molecular formula is C8H16N2O4S. The van der Waals surface area contributed by atoms with Crippen LogP contribution in [0.25, 0.3) is 0 Å². The topological polar surface area (TPSA) is 84.5 Å². The van der Waals surface area contributed by atoms with Gasteiger partial charge < -0.3 is 15.4 Å². The monoisotopic (exact) mass is 236 g/mol. The summed E-state index contributed by atoms with van der Waals surface area (Å²) in [5.74, 6) is -0.157. The molecule has 0 spiro atoms. The van der Waals surface area contributed by atoms with Crippen molar-refractivity contribution >= 4 is 15.7 Å². The Morgan fingerprint density at radius 1 is 1.60 bits per heavy atom. The average molecular weight is 236 g/mol. The molecule has 1 atom stereocenters. The fourth-order valence-corrected chi connectivity index (χ4v) is 2.85. The van der Waals surface area contributed by atoms with Gasteiger partial charge in [-0.2, -0.15) is 0 Å². The second-order valence-electron chi connectivity index (χ2n) is 3.43. The summed E-state index contributed by atoms with van der Waals surface area (Å²) in [5.41, 5.74) is 0. The van der Waals surface area contributed by atoms with Gasteiger partial charge in [0.1, 0.15) is 6.61 Å². The van der Waals surface area contributed by atoms with Gasteiger partial charge in [0, 0.05) is 26.7 Å². The third-order valence-corrected chi connectivity index (χ3v) is 4.37. The first-order chi connectivity index (χ1) is 7.06. The third-order valence-electron chi connectivity index (χ3n) is 2.25. The van der Waals surface area contributed by atoms with Crippen molar-refractivity contribution in [3.05, 3.63) is 0 Å². The molecule has 0 aromatic rings. The zero-order chi connectivity index (χ0) is 11.3. The maximum atomic E-state index is 11.5. The van der Waals surface area contributed by atoms with E-state index in [9.17, 15) is 13.2 Å². The van der Waals surface area contributed by atoms with E-state index in [4.69, 9.17) is 0 Å². The van der Waals surface area contributed by atoms with Gasteiger partial charge in [-0.15, -0.1) is 0 Å². The molecule has 2 N–H and O–H groups in total. The number of carbonyl (C=O) groups is 1. The molecule has 0 aliphatic carbocycles. The molecule has 1 unspecified atom stereocenters. The van der Waals surface area contributed by atoms with E-state index in [-0.39, 0.29) is 24.8 Å². The van der Waals surface area contributed by atoms with Gasteiger partial charge in [0.15, 0.2) is 9.84 Å². The van der Waals surface area contributed by atoms with Crippen molar-refractivity contribution < 1.29 is 17.9 Å². The molecule has 1 saturated heterocycles. The fourth-order valence-electron chi connectivity index (χ4n) is 1.38. The predicted octanol–water partition coefficient (Wildman–Crippen LogP) is -1.86. The van der Waals surface area contributed by atoms with Crippen molar-refractivity contribution in [2.45, 2.75) is 5.25 Å². The van der Waals surface area contributed by atoms with Crippen LogP contribution in [0.2, 0.25) is 0 Å². The molecule has 15 heavy (non-hydrogen) atoms. The van der Waals surface area contributed by atoms with Crippen LogP contribution in [-0.4, -0.2) is 58.7 Å². The van der Waals surface area contributed by atoms with Gasteiger partial charge in [-0.3, -0.25) is 4.79 Å². The third kappa shape index (κ3) is 3.77. The van der Waals surface area contributed by atoms with E-state index in [1.807, 2.05) is 0 Å². The minimum atomic E-state index is -3.05. The second kappa shape index (κ2) is 5.43. The number of ether oxygens (including phenoxy) is 1. The molecule has 1 heterocycles. The number of hydrogen-bond acceptors (Lipinski definition) is 5. The fraction of sp³-hybridized carbons (Fsp3) is 0.875. The molecule has 1 amide bonds. The van der Waals surface area contributed by atoms with Crippen molar-refractivity contribution in [3.8, 4) is 0 Å². The standard InChI is InChI=1S/C8H16N2O4S/c1-14-6-8(11)10-5-7-4-9-2-3-15(7,12)13/h7,9H,2-6H2,1H3,(H,10,11). The molecule has 0 aromatic carbocycles. The van der Waals surface area contributed by atoms with E-state index in [1.54, 1.807) is 0 Å². The van der Waals surface area contributed by atoms with E-state index < -0.39 is 15.1 Å². The lowest BCUT2D eigenvalue weighted by Crippen LogP contribution is -2.49. The molecule has 0 aromatic heterocycles. The molecule has 0 bridgehead atoms. The first-order valence-corrected chi connectivity index (χ1v) is 6.45. The Morgan fingerprint density at radius 3 is 2.93 bits per heavy atom. The maximum absolute atomic E-state index is 11.5. The van der Waals surface area contributed by atoms with Crippen LogP contribution in [0.1, 0.15) is 0 Å². The Kier molecular flexibility index (Phi) is 4.49. The van der Waals surface area contributed by atoms with Crippen molar-refractivity contribution in [3.63, 3.8) is 0 Å². The first kappa shape index (κ1) is 12.4. The van der Waals surface area contributed by atoms with Crippen LogP contribution in [0.4, 0.5) is 0 Å². The van der Waals surface area contributed by atoms with Crippen LogP contribution in [-0.2, 0) is 19.4 Å². The zero-order valence-corrected chi connectivity index (χ0v) is 9.47. The van der Waals surface area contributed by atoms with Gasteiger partial charge in [-0.05, 0) is 0 Å². The van der Waals surface area contributed by atoms with Crippen molar-refractivity contribution in [2.75, 3.05) is 39.1 Å². The number of nitrogens with one attached hydrogen (secondary N) is 2. The SMILES string of the molecule is COCC(=O)NCC1CNCCS1(=O)=O. The molecule has 88 valence electrons. The Hall–Kier alpha value is -0.660. The summed E-state index contributed by atoms with van der Waals surface area (Å²) in [5, 5.41) is 4.99.